The fraction of sp³-hybridized carbons (Fsp3) is 0.571. The zero-order valence-corrected chi connectivity index (χ0v) is 11.7. The summed E-state index contributed by atoms with van der Waals surface area (Å²) >= 11 is 0. The molecule has 0 radical (unpaired) electrons. The third-order valence-corrected chi connectivity index (χ3v) is 2.04. The molecule has 4 nitrogen and oxygen atoms in total. The van der Waals surface area contributed by atoms with Crippen LogP contribution >= 0.6 is 0 Å². The van der Waals surface area contributed by atoms with Crippen molar-refractivity contribution in [2.24, 2.45) is 0 Å². The summed E-state index contributed by atoms with van der Waals surface area (Å²) in [6.45, 7) is 10.7. The van der Waals surface area contributed by atoms with Gasteiger partial charge in [-0.15, -0.1) is 6.58 Å². The maximum atomic E-state index is 9.87. The van der Waals surface area contributed by atoms with Crippen LogP contribution in [0.5, 0.6) is 0 Å². The molecule has 2 N–H and O–H groups in total. The van der Waals surface area contributed by atoms with Crippen molar-refractivity contribution in [3.63, 3.8) is 0 Å². The lowest BCUT2D eigenvalue weighted by Gasteiger charge is -2.16. The van der Waals surface area contributed by atoms with Crippen LogP contribution in [0.4, 0.5) is 0 Å². The topological polar surface area (TPSA) is 74.6 Å². The molecule has 0 saturated carbocycles. The lowest BCUT2D eigenvalue weighted by Crippen LogP contribution is -2.19. The van der Waals surface area contributed by atoms with Crippen molar-refractivity contribution in [1.29, 1.82) is 0 Å². The Balaban J connectivity index is 0. The predicted octanol–water partition coefficient (Wildman–Crippen LogP) is 2.72. The van der Waals surface area contributed by atoms with E-state index in [0.29, 0.717) is 0 Å². The molecule has 1 unspecified atom stereocenters. The quantitative estimate of drug-likeness (QED) is 0.566. The number of hydrogen-bond donors (Lipinski definition) is 2. The van der Waals surface area contributed by atoms with Crippen LogP contribution in [-0.4, -0.2) is 27.6 Å². The van der Waals surface area contributed by atoms with Gasteiger partial charge in [0.05, 0.1) is 5.60 Å². The van der Waals surface area contributed by atoms with Crippen molar-refractivity contribution < 1.29 is 19.8 Å². The van der Waals surface area contributed by atoms with E-state index in [4.69, 9.17) is 5.11 Å². The van der Waals surface area contributed by atoms with Crippen LogP contribution in [-0.2, 0) is 9.59 Å². The van der Waals surface area contributed by atoms with Gasteiger partial charge in [-0.3, -0.25) is 9.59 Å². The first-order valence-electron chi connectivity index (χ1n) is 5.81. The first kappa shape index (κ1) is 18.9. The monoisotopic (exact) mass is 256 g/mol. The summed E-state index contributed by atoms with van der Waals surface area (Å²) in [4.78, 5) is 19.5. The van der Waals surface area contributed by atoms with Crippen LogP contribution in [0.1, 0.15) is 47.0 Å². The average Bonchev–Trinajstić information content (AvgIpc) is 2.15. The Labute approximate surface area is 109 Å². The number of aliphatic carboxylic acids is 1. The summed E-state index contributed by atoms with van der Waals surface area (Å²) in [6.07, 6.45) is 5.02. The highest BCUT2D eigenvalue weighted by Gasteiger charge is 2.12. The maximum Gasteiger partial charge on any atom is 0.310 e. The van der Waals surface area contributed by atoms with E-state index >= 15 is 0 Å². The van der Waals surface area contributed by atoms with Crippen molar-refractivity contribution in [1.82, 2.24) is 0 Å². The van der Waals surface area contributed by atoms with Gasteiger partial charge in [-0.25, -0.2) is 0 Å². The van der Waals surface area contributed by atoms with Crippen LogP contribution in [0.3, 0.4) is 0 Å². The number of hydrogen-bond acceptors (Lipinski definition) is 3. The number of allylic oxidation sites excluding steroid dienone is 2. The van der Waals surface area contributed by atoms with Crippen molar-refractivity contribution in [3.05, 3.63) is 24.3 Å². The summed E-state index contributed by atoms with van der Waals surface area (Å²) in [5.41, 5.74) is 0.594. The molecule has 0 amide bonds. The highest BCUT2D eigenvalue weighted by atomic mass is 16.4. The Morgan fingerprint density at radius 2 is 1.78 bits per heavy atom. The Morgan fingerprint density at radius 3 is 2.00 bits per heavy atom. The van der Waals surface area contributed by atoms with E-state index in [1.54, 1.807) is 13.0 Å². The van der Waals surface area contributed by atoms with Crippen LogP contribution in [0, 0.1) is 0 Å². The molecular formula is C14H24O4. The van der Waals surface area contributed by atoms with Crippen molar-refractivity contribution in [2.45, 2.75) is 52.6 Å². The minimum absolute atomic E-state index is 0.312. The van der Waals surface area contributed by atoms with E-state index in [-0.39, 0.29) is 12.2 Å². The molecule has 0 fully saturated rings. The van der Waals surface area contributed by atoms with Gasteiger partial charge in [-0.1, -0.05) is 17.7 Å². The van der Waals surface area contributed by atoms with Crippen LogP contribution < -0.4 is 0 Å². The molecule has 0 aliphatic heterocycles. The summed E-state index contributed by atoms with van der Waals surface area (Å²) in [7, 11) is 0. The van der Waals surface area contributed by atoms with Crippen molar-refractivity contribution >= 4 is 11.8 Å². The Bertz CT molecular complexity index is 298. The molecule has 104 valence electrons. The number of Topliss-reactive ketones (excluding diaryl/α,β-unsaturated/α-hetero) is 1. The Morgan fingerprint density at radius 1 is 1.28 bits per heavy atom. The van der Waals surface area contributed by atoms with Gasteiger partial charge in [0, 0.05) is 0 Å². The third kappa shape index (κ3) is 17.0. The normalized spacial score (nSPS) is 12.5. The van der Waals surface area contributed by atoms with Gasteiger partial charge in [0.15, 0.2) is 0 Å². The number of carbonyl (C=O) groups excluding carboxylic acids is 1. The van der Waals surface area contributed by atoms with Gasteiger partial charge >= 0.3 is 5.97 Å². The number of carboxylic acid groups (broad SMARTS) is 1. The molecule has 0 aliphatic carbocycles. The Hall–Kier alpha value is -1.42. The van der Waals surface area contributed by atoms with Crippen LogP contribution in [0.15, 0.2) is 24.3 Å². The molecule has 0 aromatic rings. The largest absolute Gasteiger partial charge is 0.481 e. The fourth-order valence-electron chi connectivity index (χ4n) is 0.968. The van der Waals surface area contributed by atoms with Crippen LogP contribution in [0.25, 0.3) is 0 Å². The lowest BCUT2D eigenvalue weighted by molar-refractivity contribution is -0.139. The second-order valence-electron chi connectivity index (χ2n) is 4.65. The lowest BCUT2D eigenvalue weighted by atomic mass is 10.00. The molecule has 0 bridgehead atoms. The summed E-state index contributed by atoms with van der Waals surface area (Å²) < 4.78 is 0. The first-order chi connectivity index (χ1) is 8.10. The fourth-order valence-corrected chi connectivity index (χ4v) is 0.968. The number of carbonyl (C=O) groups is 2. The van der Waals surface area contributed by atoms with E-state index in [1.807, 2.05) is 0 Å². The number of ketones is 1. The highest BCUT2D eigenvalue weighted by molar-refractivity contribution is 5.93. The van der Waals surface area contributed by atoms with Gasteiger partial charge in [0.25, 0.3) is 0 Å². The molecule has 0 saturated heterocycles. The Kier molecular flexibility index (Phi) is 10.1. The number of rotatable bonds is 6. The zero-order valence-electron chi connectivity index (χ0n) is 11.7. The van der Waals surface area contributed by atoms with Gasteiger partial charge in [-0.2, -0.15) is 0 Å². The van der Waals surface area contributed by atoms with E-state index < -0.39 is 11.6 Å². The van der Waals surface area contributed by atoms with Gasteiger partial charge < -0.3 is 10.2 Å². The highest BCUT2D eigenvalue weighted by Crippen LogP contribution is 2.13. The number of aliphatic hydroxyl groups is 1. The third-order valence-electron chi connectivity index (χ3n) is 2.04. The number of carboxylic acids is 1. The summed E-state index contributed by atoms with van der Waals surface area (Å²) in [5, 5.41) is 17.4. The minimum Gasteiger partial charge on any atom is -0.481 e. The van der Waals surface area contributed by atoms with Crippen molar-refractivity contribution in [3.8, 4) is 0 Å². The molecule has 18 heavy (non-hydrogen) atoms. The second-order valence-corrected chi connectivity index (χ2v) is 4.65. The average molecular weight is 256 g/mol. The summed E-state index contributed by atoms with van der Waals surface area (Å²) in [6, 6.07) is 0. The molecule has 0 aliphatic rings. The van der Waals surface area contributed by atoms with Crippen LogP contribution in [0.2, 0.25) is 0 Å². The van der Waals surface area contributed by atoms with E-state index in [2.05, 4.69) is 26.5 Å². The predicted molar refractivity (Wildman–Crippen MR) is 72.4 cm³/mol. The molecule has 0 spiro atoms. The first-order valence-corrected chi connectivity index (χ1v) is 5.81. The maximum absolute atomic E-state index is 9.87. The van der Waals surface area contributed by atoms with Crippen molar-refractivity contribution in [2.75, 3.05) is 0 Å². The minimum atomic E-state index is -1.06. The molecule has 0 rings (SSSR count). The molecule has 4 heteroatoms. The van der Waals surface area contributed by atoms with E-state index in [1.165, 1.54) is 12.5 Å². The molecule has 1 atom stereocenters. The van der Waals surface area contributed by atoms with Gasteiger partial charge in [0.1, 0.15) is 12.2 Å². The van der Waals surface area contributed by atoms with E-state index in [9.17, 15) is 14.7 Å². The zero-order chi connectivity index (χ0) is 14.8. The SMILES string of the molecule is C=CC(C)(O)CCC=C(C)C.CC(=O)CC(=O)O. The van der Waals surface area contributed by atoms with E-state index in [0.717, 1.165) is 12.8 Å². The standard InChI is InChI=1S/C10H18O.C4H6O3/c1-5-10(4,11)8-6-7-9(2)3;1-3(5)2-4(6)7/h5,7,11H,1,6,8H2,2-4H3;2H2,1H3,(H,6,7). The molecule has 0 aromatic carbocycles. The molecule has 0 aromatic heterocycles. The second kappa shape index (κ2) is 9.59. The molecular weight excluding hydrogens is 232 g/mol. The smallest absolute Gasteiger partial charge is 0.310 e. The van der Waals surface area contributed by atoms with Gasteiger partial charge in [-0.05, 0) is 40.5 Å². The molecule has 0 heterocycles. The van der Waals surface area contributed by atoms with Gasteiger partial charge in [0.2, 0.25) is 0 Å². The summed E-state index contributed by atoms with van der Waals surface area (Å²) in [5.74, 6) is -1.37.